The summed E-state index contributed by atoms with van der Waals surface area (Å²) in [7, 11) is 0. The number of benzene rings is 2. The van der Waals surface area contributed by atoms with Crippen molar-refractivity contribution in [1.82, 2.24) is 0 Å². The van der Waals surface area contributed by atoms with Gasteiger partial charge in [-0.3, -0.25) is 0 Å². The Bertz CT molecular complexity index is 793. The van der Waals surface area contributed by atoms with E-state index in [2.05, 4.69) is 5.32 Å². The molecule has 0 unspecified atom stereocenters. The third kappa shape index (κ3) is 5.23. The van der Waals surface area contributed by atoms with E-state index in [-0.39, 0.29) is 11.1 Å². The fraction of sp³-hybridized carbons (Fsp3) is 0.286. The number of nitrogens with one attached hydrogen (secondary N) is 2. The molecule has 0 aliphatic carbocycles. The fourth-order valence-electron chi connectivity index (χ4n) is 2.50. The largest absolute Gasteiger partial charge is 0.359 e. The number of rotatable bonds is 6. The van der Waals surface area contributed by atoms with Gasteiger partial charge in [-0.25, -0.2) is 8.78 Å². The highest BCUT2D eigenvalue weighted by Gasteiger charge is 2.26. The average molecular weight is 357 g/mol. The maximum atomic E-state index is 13.9. The standard InChI is InChI=1S/C21H25F2N3/c1-21(2,3)20(25)16(18(24)11-14-7-5-4-6-8-14)13-26-19-12-15(22)9-10-17(19)23/h4-10,12-13,20,24,26H,11,25H2,1-3H3/b16-13+,24-18?/t20-/m0/s1. The minimum Gasteiger partial charge on any atom is -0.359 e. The molecule has 0 aliphatic heterocycles. The van der Waals surface area contributed by atoms with Crippen LogP contribution in [0, 0.1) is 22.5 Å². The first kappa shape index (κ1) is 19.8. The van der Waals surface area contributed by atoms with Crippen molar-refractivity contribution in [3.63, 3.8) is 0 Å². The van der Waals surface area contributed by atoms with Gasteiger partial charge in [-0.05, 0) is 23.1 Å². The number of hydrogen-bond acceptors (Lipinski definition) is 3. The van der Waals surface area contributed by atoms with E-state index in [9.17, 15) is 8.78 Å². The van der Waals surface area contributed by atoms with E-state index >= 15 is 0 Å². The van der Waals surface area contributed by atoms with Gasteiger partial charge in [-0.1, -0.05) is 51.1 Å². The molecule has 0 saturated heterocycles. The van der Waals surface area contributed by atoms with E-state index in [1.165, 1.54) is 6.20 Å². The first-order valence-corrected chi connectivity index (χ1v) is 8.47. The third-order valence-corrected chi connectivity index (χ3v) is 4.15. The van der Waals surface area contributed by atoms with E-state index < -0.39 is 17.7 Å². The van der Waals surface area contributed by atoms with Crippen molar-refractivity contribution in [1.29, 1.82) is 5.41 Å². The van der Waals surface area contributed by atoms with Crippen LogP contribution in [0.2, 0.25) is 0 Å². The number of halogens is 2. The van der Waals surface area contributed by atoms with Gasteiger partial charge in [-0.15, -0.1) is 0 Å². The lowest BCUT2D eigenvalue weighted by Crippen LogP contribution is -2.40. The fourth-order valence-corrected chi connectivity index (χ4v) is 2.50. The highest BCUT2D eigenvalue weighted by atomic mass is 19.1. The highest BCUT2D eigenvalue weighted by Crippen LogP contribution is 2.25. The number of hydrogen-bond donors (Lipinski definition) is 3. The van der Waals surface area contributed by atoms with Gasteiger partial charge in [0.2, 0.25) is 0 Å². The normalized spacial score (nSPS) is 13.4. The lowest BCUT2D eigenvalue weighted by Gasteiger charge is -2.30. The molecule has 1 atom stereocenters. The summed E-state index contributed by atoms with van der Waals surface area (Å²) in [6.07, 6.45) is 1.92. The second-order valence-electron chi connectivity index (χ2n) is 7.35. The molecule has 5 heteroatoms. The van der Waals surface area contributed by atoms with Gasteiger partial charge in [0.15, 0.2) is 0 Å². The van der Waals surface area contributed by atoms with Crippen LogP contribution < -0.4 is 11.1 Å². The maximum Gasteiger partial charge on any atom is 0.146 e. The van der Waals surface area contributed by atoms with Crippen molar-refractivity contribution in [2.75, 3.05) is 5.32 Å². The van der Waals surface area contributed by atoms with Crippen molar-refractivity contribution in [2.24, 2.45) is 11.1 Å². The second-order valence-corrected chi connectivity index (χ2v) is 7.35. The Labute approximate surface area is 153 Å². The number of anilines is 1. The Morgan fingerprint density at radius 3 is 2.42 bits per heavy atom. The SMILES string of the molecule is CC(C)(C)[C@@H](N)/C(=C/Nc1cc(F)ccc1F)C(=N)Cc1ccccc1. The summed E-state index contributed by atoms with van der Waals surface area (Å²) < 4.78 is 27.2. The van der Waals surface area contributed by atoms with Crippen molar-refractivity contribution in [3.05, 3.63) is 77.5 Å². The average Bonchev–Trinajstić information content (AvgIpc) is 2.58. The molecular weight excluding hydrogens is 332 g/mol. The van der Waals surface area contributed by atoms with Crippen LogP contribution in [0.5, 0.6) is 0 Å². The van der Waals surface area contributed by atoms with E-state index in [4.69, 9.17) is 11.1 Å². The lowest BCUT2D eigenvalue weighted by atomic mass is 9.80. The Morgan fingerprint density at radius 2 is 1.81 bits per heavy atom. The van der Waals surface area contributed by atoms with Crippen molar-refractivity contribution in [2.45, 2.75) is 33.2 Å². The van der Waals surface area contributed by atoms with E-state index in [1.807, 2.05) is 51.1 Å². The predicted octanol–water partition coefficient (Wildman–Crippen LogP) is 4.90. The molecular formula is C21H25F2N3. The van der Waals surface area contributed by atoms with Crippen LogP contribution in [0.3, 0.4) is 0 Å². The van der Waals surface area contributed by atoms with Crippen molar-refractivity contribution < 1.29 is 8.78 Å². The summed E-state index contributed by atoms with van der Waals surface area (Å²) in [5, 5.41) is 11.3. The summed E-state index contributed by atoms with van der Waals surface area (Å²) in [6.45, 7) is 5.93. The van der Waals surface area contributed by atoms with Crippen LogP contribution >= 0.6 is 0 Å². The molecule has 138 valence electrons. The van der Waals surface area contributed by atoms with Crippen LogP contribution in [-0.2, 0) is 6.42 Å². The van der Waals surface area contributed by atoms with Crippen LogP contribution in [-0.4, -0.2) is 11.8 Å². The monoisotopic (exact) mass is 357 g/mol. The molecule has 2 aromatic rings. The zero-order valence-electron chi connectivity index (χ0n) is 15.3. The van der Waals surface area contributed by atoms with Gasteiger partial charge in [0, 0.05) is 36.0 Å². The molecule has 0 heterocycles. The van der Waals surface area contributed by atoms with E-state index in [0.29, 0.717) is 17.7 Å². The Hall–Kier alpha value is -2.53. The zero-order chi connectivity index (χ0) is 19.3. The molecule has 4 N–H and O–H groups in total. The van der Waals surface area contributed by atoms with Gasteiger partial charge >= 0.3 is 0 Å². The predicted molar refractivity (Wildman–Crippen MR) is 103 cm³/mol. The molecule has 2 aromatic carbocycles. The number of nitrogens with two attached hydrogens (primary N) is 1. The third-order valence-electron chi connectivity index (χ3n) is 4.15. The topological polar surface area (TPSA) is 61.9 Å². The smallest absolute Gasteiger partial charge is 0.146 e. The zero-order valence-corrected chi connectivity index (χ0v) is 15.3. The van der Waals surface area contributed by atoms with Gasteiger partial charge < -0.3 is 16.5 Å². The summed E-state index contributed by atoms with van der Waals surface area (Å²) in [6, 6.07) is 12.4. The van der Waals surface area contributed by atoms with Gasteiger partial charge in [-0.2, -0.15) is 0 Å². The van der Waals surface area contributed by atoms with Gasteiger partial charge in [0.1, 0.15) is 11.6 Å². The Kier molecular flexibility index (Phi) is 6.27. The molecule has 0 spiro atoms. The molecule has 0 saturated carbocycles. The summed E-state index contributed by atoms with van der Waals surface area (Å²) in [5.74, 6) is -1.11. The lowest BCUT2D eigenvalue weighted by molar-refractivity contribution is 0.359. The highest BCUT2D eigenvalue weighted by molar-refractivity contribution is 6.00. The second kappa shape index (κ2) is 8.23. The minimum absolute atomic E-state index is 0.0103. The molecule has 26 heavy (non-hydrogen) atoms. The molecule has 0 radical (unpaired) electrons. The van der Waals surface area contributed by atoms with Crippen LogP contribution in [0.15, 0.2) is 60.3 Å². The van der Waals surface area contributed by atoms with Crippen LogP contribution in [0.1, 0.15) is 26.3 Å². The Balaban J connectivity index is 2.31. The molecule has 0 aliphatic rings. The van der Waals surface area contributed by atoms with Crippen LogP contribution in [0.25, 0.3) is 0 Å². The molecule has 0 bridgehead atoms. The van der Waals surface area contributed by atoms with E-state index in [0.717, 1.165) is 23.8 Å². The maximum absolute atomic E-state index is 13.9. The van der Waals surface area contributed by atoms with Crippen LogP contribution in [0.4, 0.5) is 14.5 Å². The first-order valence-electron chi connectivity index (χ1n) is 8.47. The summed E-state index contributed by atoms with van der Waals surface area (Å²) >= 11 is 0. The van der Waals surface area contributed by atoms with Crippen molar-refractivity contribution in [3.8, 4) is 0 Å². The molecule has 0 amide bonds. The molecule has 3 nitrogen and oxygen atoms in total. The quantitative estimate of drug-likeness (QED) is 0.644. The van der Waals surface area contributed by atoms with Crippen molar-refractivity contribution >= 4 is 11.4 Å². The molecule has 2 rings (SSSR count). The summed E-state index contributed by atoms with van der Waals surface area (Å²) in [5.41, 5.74) is 7.96. The first-order chi connectivity index (χ1) is 12.2. The molecule has 0 aromatic heterocycles. The Morgan fingerprint density at radius 1 is 1.15 bits per heavy atom. The van der Waals surface area contributed by atoms with Gasteiger partial charge in [0.25, 0.3) is 0 Å². The van der Waals surface area contributed by atoms with E-state index in [1.54, 1.807) is 0 Å². The minimum atomic E-state index is -0.569. The summed E-state index contributed by atoms with van der Waals surface area (Å²) in [4.78, 5) is 0. The molecule has 0 fully saturated rings. The van der Waals surface area contributed by atoms with Gasteiger partial charge in [0.05, 0.1) is 5.69 Å².